The van der Waals surface area contributed by atoms with Gasteiger partial charge < -0.3 is 5.32 Å². The lowest BCUT2D eigenvalue weighted by Gasteiger charge is -2.35. The SMILES string of the molecule is C1=CC2=C(CC1)SCC21CCNCC1.CC. The first-order chi connectivity index (χ1) is 7.91. The van der Waals surface area contributed by atoms with Crippen molar-refractivity contribution < 1.29 is 0 Å². The zero-order valence-electron chi connectivity index (χ0n) is 10.5. The Kier molecular flexibility index (Phi) is 4.15. The molecular formula is C14H23NS. The van der Waals surface area contributed by atoms with E-state index >= 15 is 0 Å². The maximum atomic E-state index is 3.48. The summed E-state index contributed by atoms with van der Waals surface area (Å²) >= 11 is 2.13. The molecule has 3 aliphatic rings. The number of nitrogens with one attached hydrogen (secondary N) is 1. The Bertz CT molecular complexity index is 298. The van der Waals surface area contributed by atoms with Crippen LogP contribution in [0.3, 0.4) is 0 Å². The van der Waals surface area contributed by atoms with Crippen LogP contribution in [0.15, 0.2) is 22.6 Å². The molecule has 0 saturated carbocycles. The molecule has 2 heterocycles. The van der Waals surface area contributed by atoms with Crippen molar-refractivity contribution in [2.24, 2.45) is 5.41 Å². The molecule has 1 nitrogen and oxygen atoms in total. The molecule has 1 N–H and O–H groups in total. The van der Waals surface area contributed by atoms with Crippen molar-refractivity contribution in [1.29, 1.82) is 0 Å². The lowest BCUT2D eigenvalue weighted by atomic mass is 9.73. The summed E-state index contributed by atoms with van der Waals surface area (Å²) in [6, 6.07) is 0. The topological polar surface area (TPSA) is 12.0 Å². The van der Waals surface area contributed by atoms with Crippen LogP contribution in [-0.4, -0.2) is 18.8 Å². The van der Waals surface area contributed by atoms with Crippen LogP contribution in [0.4, 0.5) is 0 Å². The quantitative estimate of drug-likeness (QED) is 0.689. The van der Waals surface area contributed by atoms with E-state index in [1.54, 1.807) is 10.5 Å². The Morgan fingerprint density at radius 3 is 2.75 bits per heavy atom. The second-order valence-electron chi connectivity index (χ2n) is 4.60. The number of thioether (sulfide) groups is 1. The maximum Gasteiger partial charge on any atom is 0.00787 e. The molecule has 1 aliphatic carbocycles. The Hall–Kier alpha value is -0.210. The van der Waals surface area contributed by atoms with E-state index in [0.717, 1.165) is 0 Å². The van der Waals surface area contributed by atoms with Gasteiger partial charge in [0, 0.05) is 11.2 Å². The monoisotopic (exact) mass is 237 g/mol. The zero-order chi connectivity index (χ0) is 11.4. The van der Waals surface area contributed by atoms with Crippen molar-refractivity contribution >= 4 is 11.8 Å². The largest absolute Gasteiger partial charge is 0.317 e. The fourth-order valence-corrected chi connectivity index (χ4v) is 4.48. The van der Waals surface area contributed by atoms with Crippen molar-refractivity contribution in [3.63, 3.8) is 0 Å². The molecule has 0 radical (unpaired) electrons. The third kappa shape index (κ3) is 2.10. The molecule has 0 aromatic rings. The van der Waals surface area contributed by atoms with Crippen molar-refractivity contribution in [3.05, 3.63) is 22.6 Å². The molecule has 0 unspecified atom stereocenters. The highest BCUT2D eigenvalue weighted by molar-refractivity contribution is 8.03. The van der Waals surface area contributed by atoms with E-state index in [2.05, 4.69) is 29.2 Å². The van der Waals surface area contributed by atoms with E-state index in [9.17, 15) is 0 Å². The standard InChI is InChI=1S/C12H17NS.C2H6/c1-2-4-11-10(3-1)12(9-14-11)5-7-13-8-6-12;1-2/h1,3,13H,2,4-9H2;1-2H3. The van der Waals surface area contributed by atoms with Gasteiger partial charge in [-0.3, -0.25) is 0 Å². The summed E-state index contributed by atoms with van der Waals surface area (Å²) in [6.45, 7) is 6.43. The lowest BCUT2D eigenvalue weighted by Crippen LogP contribution is -2.38. The second-order valence-corrected chi connectivity index (χ2v) is 5.67. The number of hydrogen-bond donors (Lipinski definition) is 1. The summed E-state index contributed by atoms with van der Waals surface area (Å²) in [4.78, 5) is 1.70. The number of fused-ring (bicyclic) bond motifs is 1. The Balaban J connectivity index is 0.000000457. The van der Waals surface area contributed by atoms with E-state index in [1.165, 1.54) is 44.5 Å². The van der Waals surface area contributed by atoms with Gasteiger partial charge in [0.2, 0.25) is 0 Å². The fraction of sp³-hybridized carbons (Fsp3) is 0.714. The fourth-order valence-electron chi connectivity index (χ4n) is 2.89. The third-order valence-electron chi connectivity index (χ3n) is 3.78. The average Bonchev–Trinajstić information content (AvgIpc) is 2.73. The molecule has 1 spiro atoms. The van der Waals surface area contributed by atoms with Crippen LogP contribution in [-0.2, 0) is 0 Å². The van der Waals surface area contributed by atoms with Crippen molar-refractivity contribution in [2.45, 2.75) is 39.5 Å². The number of rotatable bonds is 0. The molecule has 1 saturated heterocycles. The van der Waals surface area contributed by atoms with Gasteiger partial charge in [-0.15, -0.1) is 11.8 Å². The third-order valence-corrected chi connectivity index (χ3v) is 5.25. The summed E-state index contributed by atoms with van der Waals surface area (Å²) in [5, 5.41) is 3.48. The van der Waals surface area contributed by atoms with E-state index in [-0.39, 0.29) is 0 Å². The zero-order valence-corrected chi connectivity index (χ0v) is 11.3. The molecule has 1 fully saturated rings. The molecule has 90 valence electrons. The maximum absolute atomic E-state index is 3.48. The Labute approximate surface area is 104 Å². The summed E-state index contributed by atoms with van der Waals surface area (Å²) in [5.41, 5.74) is 2.26. The minimum absolute atomic E-state index is 0.558. The van der Waals surface area contributed by atoms with Gasteiger partial charge in [0.05, 0.1) is 0 Å². The summed E-state index contributed by atoms with van der Waals surface area (Å²) in [6.07, 6.45) is 10.1. The minimum atomic E-state index is 0.558. The highest BCUT2D eigenvalue weighted by Gasteiger charge is 2.41. The van der Waals surface area contributed by atoms with Crippen LogP contribution in [0, 0.1) is 5.41 Å². The van der Waals surface area contributed by atoms with Gasteiger partial charge in [-0.2, -0.15) is 0 Å². The molecule has 3 rings (SSSR count). The van der Waals surface area contributed by atoms with E-state index in [0.29, 0.717) is 5.41 Å². The van der Waals surface area contributed by atoms with Gasteiger partial charge in [0.25, 0.3) is 0 Å². The van der Waals surface area contributed by atoms with Crippen LogP contribution in [0.1, 0.15) is 39.5 Å². The summed E-state index contributed by atoms with van der Waals surface area (Å²) in [5.74, 6) is 1.35. The van der Waals surface area contributed by atoms with Crippen LogP contribution in [0.5, 0.6) is 0 Å². The number of allylic oxidation sites excluding steroid dienone is 4. The molecule has 0 atom stereocenters. The molecule has 0 bridgehead atoms. The average molecular weight is 237 g/mol. The van der Waals surface area contributed by atoms with Crippen LogP contribution in [0.2, 0.25) is 0 Å². The predicted octanol–water partition coefficient (Wildman–Crippen LogP) is 3.73. The van der Waals surface area contributed by atoms with Gasteiger partial charge in [-0.1, -0.05) is 26.0 Å². The van der Waals surface area contributed by atoms with Gasteiger partial charge in [0.1, 0.15) is 0 Å². The highest BCUT2D eigenvalue weighted by atomic mass is 32.2. The smallest absolute Gasteiger partial charge is 0.00787 e. The predicted molar refractivity (Wildman–Crippen MR) is 73.7 cm³/mol. The summed E-state index contributed by atoms with van der Waals surface area (Å²) < 4.78 is 0. The van der Waals surface area contributed by atoms with E-state index < -0.39 is 0 Å². The molecule has 16 heavy (non-hydrogen) atoms. The van der Waals surface area contributed by atoms with Gasteiger partial charge in [-0.25, -0.2) is 0 Å². The first-order valence-electron chi connectivity index (χ1n) is 6.64. The minimum Gasteiger partial charge on any atom is -0.317 e. The van der Waals surface area contributed by atoms with Gasteiger partial charge >= 0.3 is 0 Å². The van der Waals surface area contributed by atoms with E-state index in [1.807, 2.05) is 13.8 Å². The van der Waals surface area contributed by atoms with Crippen LogP contribution >= 0.6 is 11.8 Å². The van der Waals surface area contributed by atoms with Crippen LogP contribution < -0.4 is 5.32 Å². The first-order valence-corrected chi connectivity index (χ1v) is 7.63. The molecule has 2 aliphatic heterocycles. The van der Waals surface area contributed by atoms with Crippen LogP contribution in [0.25, 0.3) is 0 Å². The Morgan fingerprint density at radius 2 is 2.00 bits per heavy atom. The van der Waals surface area contributed by atoms with Gasteiger partial charge in [0.15, 0.2) is 0 Å². The Morgan fingerprint density at radius 1 is 1.25 bits per heavy atom. The molecular weight excluding hydrogens is 214 g/mol. The normalized spacial score (nSPS) is 26.4. The first kappa shape index (κ1) is 12.3. The van der Waals surface area contributed by atoms with Crippen molar-refractivity contribution in [1.82, 2.24) is 5.32 Å². The van der Waals surface area contributed by atoms with Crippen molar-refractivity contribution in [2.75, 3.05) is 18.8 Å². The van der Waals surface area contributed by atoms with E-state index in [4.69, 9.17) is 0 Å². The molecule has 0 amide bonds. The van der Waals surface area contributed by atoms with Crippen molar-refractivity contribution in [3.8, 4) is 0 Å². The number of piperidine rings is 1. The molecule has 0 aromatic carbocycles. The second kappa shape index (κ2) is 5.42. The lowest BCUT2D eigenvalue weighted by molar-refractivity contribution is 0.297. The molecule has 0 aromatic heterocycles. The highest BCUT2D eigenvalue weighted by Crippen LogP contribution is 2.53. The number of hydrogen-bond acceptors (Lipinski definition) is 2. The summed E-state index contributed by atoms with van der Waals surface area (Å²) in [7, 11) is 0. The molecule has 2 heteroatoms. The van der Waals surface area contributed by atoms with Gasteiger partial charge in [-0.05, 0) is 49.3 Å².